The van der Waals surface area contributed by atoms with E-state index in [0.717, 1.165) is 58.7 Å². The van der Waals surface area contributed by atoms with Crippen molar-refractivity contribution in [3.8, 4) is 23.3 Å². The van der Waals surface area contributed by atoms with Crippen molar-refractivity contribution in [3.63, 3.8) is 0 Å². The molecule has 1 aliphatic heterocycles. The third-order valence-corrected chi connectivity index (χ3v) is 5.41. The lowest BCUT2D eigenvalue weighted by atomic mass is 10.1. The van der Waals surface area contributed by atoms with Gasteiger partial charge in [0.1, 0.15) is 11.5 Å². The fourth-order valence-corrected chi connectivity index (χ4v) is 3.65. The highest BCUT2D eigenvalue weighted by molar-refractivity contribution is 5.80. The van der Waals surface area contributed by atoms with E-state index >= 15 is 0 Å². The third-order valence-electron chi connectivity index (χ3n) is 5.41. The van der Waals surface area contributed by atoms with E-state index in [1.54, 1.807) is 0 Å². The second-order valence-corrected chi connectivity index (χ2v) is 7.92. The lowest BCUT2D eigenvalue weighted by Crippen LogP contribution is -2.19. The van der Waals surface area contributed by atoms with E-state index in [9.17, 15) is 0 Å². The molecule has 2 N–H and O–H groups in total. The molecule has 33 heavy (non-hydrogen) atoms. The number of aryl methyl sites for hydroxylation is 1. The predicted molar refractivity (Wildman–Crippen MR) is 133 cm³/mol. The molecule has 0 radical (unpaired) electrons. The lowest BCUT2D eigenvalue weighted by Gasteiger charge is -2.11. The second-order valence-electron chi connectivity index (χ2n) is 7.92. The highest BCUT2D eigenvalue weighted by Crippen LogP contribution is 2.28. The maximum absolute atomic E-state index is 5.97. The van der Waals surface area contributed by atoms with Gasteiger partial charge in [0.2, 0.25) is 5.95 Å². The van der Waals surface area contributed by atoms with Gasteiger partial charge in [-0.1, -0.05) is 36.1 Å². The molecule has 2 heterocycles. The molecule has 0 bridgehead atoms. The van der Waals surface area contributed by atoms with Crippen molar-refractivity contribution in [1.29, 1.82) is 0 Å². The van der Waals surface area contributed by atoms with Crippen LogP contribution in [0.3, 0.4) is 0 Å². The smallest absolute Gasteiger partial charge is 0.227 e. The van der Waals surface area contributed by atoms with Crippen molar-refractivity contribution >= 4 is 22.5 Å². The predicted octanol–water partition coefficient (Wildman–Crippen LogP) is 5.75. The standard InChI is InChI=1S/C28H24N4O/c1-20-17-24(10-12-27(20)33-25-5-3-2-4-6-25)31-28-30-19-23-18-22(9-11-26(23)32-28)8-7-21-13-15-29-16-14-21/h2-6,9-13,17-19,29H,14-16H2,1H3,(H,30,31,32). The molecule has 0 spiro atoms. The van der Waals surface area contributed by atoms with E-state index in [1.807, 2.05) is 79.9 Å². The normalized spacial score (nSPS) is 13.1. The van der Waals surface area contributed by atoms with Crippen molar-refractivity contribution in [1.82, 2.24) is 15.3 Å². The van der Waals surface area contributed by atoms with Gasteiger partial charge in [0.05, 0.1) is 5.52 Å². The van der Waals surface area contributed by atoms with Gasteiger partial charge in [-0.15, -0.1) is 0 Å². The van der Waals surface area contributed by atoms with Crippen LogP contribution in [-0.4, -0.2) is 23.1 Å². The van der Waals surface area contributed by atoms with Crippen molar-refractivity contribution < 1.29 is 4.74 Å². The third kappa shape index (κ3) is 5.20. The van der Waals surface area contributed by atoms with Crippen LogP contribution >= 0.6 is 0 Å². The molecule has 0 amide bonds. The minimum atomic E-state index is 0.553. The molecule has 3 aromatic carbocycles. The Labute approximate surface area is 193 Å². The van der Waals surface area contributed by atoms with E-state index in [4.69, 9.17) is 4.74 Å². The molecule has 1 aliphatic rings. The maximum atomic E-state index is 5.97. The molecule has 0 saturated carbocycles. The molecular weight excluding hydrogens is 408 g/mol. The Bertz CT molecular complexity index is 1380. The number of para-hydroxylation sites is 1. The quantitative estimate of drug-likeness (QED) is 0.403. The van der Waals surface area contributed by atoms with Gasteiger partial charge in [-0.3, -0.25) is 0 Å². The number of benzene rings is 3. The van der Waals surface area contributed by atoms with E-state index in [-0.39, 0.29) is 0 Å². The molecule has 0 atom stereocenters. The van der Waals surface area contributed by atoms with Gasteiger partial charge in [0, 0.05) is 41.5 Å². The van der Waals surface area contributed by atoms with Crippen LogP contribution in [-0.2, 0) is 0 Å². The van der Waals surface area contributed by atoms with Crippen LogP contribution in [0.1, 0.15) is 17.5 Å². The zero-order valence-corrected chi connectivity index (χ0v) is 18.4. The molecule has 0 fully saturated rings. The molecule has 162 valence electrons. The Morgan fingerprint density at radius 2 is 1.91 bits per heavy atom. The summed E-state index contributed by atoms with van der Waals surface area (Å²) in [6, 6.07) is 21.7. The number of fused-ring (bicyclic) bond motifs is 1. The molecule has 0 unspecified atom stereocenters. The largest absolute Gasteiger partial charge is 0.457 e. The first-order valence-corrected chi connectivity index (χ1v) is 11.0. The Morgan fingerprint density at radius 3 is 2.73 bits per heavy atom. The fraction of sp³-hybridized carbons (Fsp3) is 0.143. The summed E-state index contributed by atoms with van der Waals surface area (Å²) in [4.78, 5) is 9.15. The number of hydrogen-bond acceptors (Lipinski definition) is 5. The average molecular weight is 433 g/mol. The van der Waals surface area contributed by atoms with Crippen LogP contribution in [0.5, 0.6) is 11.5 Å². The first-order valence-electron chi connectivity index (χ1n) is 11.0. The van der Waals surface area contributed by atoms with Crippen LogP contribution in [0, 0.1) is 18.8 Å². The first-order chi connectivity index (χ1) is 16.2. The molecule has 0 aliphatic carbocycles. The summed E-state index contributed by atoms with van der Waals surface area (Å²) in [6.07, 6.45) is 4.97. The van der Waals surface area contributed by atoms with Gasteiger partial charge < -0.3 is 15.4 Å². The minimum Gasteiger partial charge on any atom is -0.457 e. The number of ether oxygens (including phenoxy) is 1. The number of rotatable bonds is 4. The van der Waals surface area contributed by atoms with E-state index < -0.39 is 0 Å². The van der Waals surface area contributed by atoms with Crippen LogP contribution in [0.2, 0.25) is 0 Å². The van der Waals surface area contributed by atoms with Gasteiger partial charge in [-0.05, 0) is 67.4 Å². The first kappa shape index (κ1) is 20.7. The minimum absolute atomic E-state index is 0.553. The average Bonchev–Trinajstić information content (AvgIpc) is 2.86. The van der Waals surface area contributed by atoms with E-state index in [2.05, 4.69) is 38.5 Å². The SMILES string of the molecule is Cc1cc(Nc2ncc3cc(C#CC4=CCNCC4)ccc3n2)ccc1Oc1ccccc1. The zero-order chi connectivity index (χ0) is 22.5. The van der Waals surface area contributed by atoms with Gasteiger partial charge >= 0.3 is 0 Å². The van der Waals surface area contributed by atoms with Crippen molar-refractivity contribution in [2.24, 2.45) is 0 Å². The fourth-order valence-electron chi connectivity index (χ4n) is 3.65. The molecule has 5 rings (SSSR count). The van der Waals surface area contributed by atoms with Crippen molar-refractivity contribution in [2.45, 2.75) is 13.3 Å². The highest BCUT2D eigenvalue weighted by Gasteiger charge is 2.06. The molecule has 1 aromatic heterocycles. The number of nitrogens with one attached hydrogen (secondary N) is 2. The molecule has 0 saturated heterocycles. The summed E-state index contributed by atoms with van der Waals surface area (Å²) >= 11 is 0. The molecule has 4 aromatic rings. The van der Waals surface area contributed by atoms with Gasteiger partial charge in [0.25, 0.3) is 0 Å². The molecular formula is C28H24N4O. The van der Waals surface area contributed by atoms with Crippen LogP contribution in [0.15, 0.2) is 84.6 Å². The number of nitrogens with zero attached hydrogens (tertiary/aromatic N) is 2. The maximum Gasteiger partial charge on any atom is 0.227 e. The summed E-state index contributed by atoms with van der Waals surface area (Å²) < 4.78 is 5.97. The zero-order valence-electron chi connectivity index (χ0n) is 18.4. The second kappa shape index (κ2) is 9.56. The van der Waals surface area contributed by atoms with Gasteiger partial charge in [-0.2, -0.15) is 0 Å². The summed E-state index contributed by atoms with van der Waals surface area (Å²) in [6.45, 7) is 3.91. The van der Waals surface area contributed by atoms with Crippen LogP contribution < -0.4 is 15.4 Å². The van der Waals surface area contributed by atoms with E-state index in [1.165, 1.54) is 5.57 Å². The number of anilines is 2. The number of aromatic nitrogens is 2. The van der Waals surface area contributed by atoms with Gasteiger partial charge in [-0.25, -0.2) is 9.97 Å². The van der Waals surface area contributed by atoms with Gasteiger partial charge in [0.15, 0.2) is 0 Å². The Hall–Kier alpha value is -4.14. The lowest BCUT2D eigenvalue weighted by molar-refractivity contribution is 0.479. The topological polar surface area (TPSA) is 59.1 Å². The van der Waals surface area contributed by atoms with Crippen LogP contribution in [0.4, 0.5) is 11.6 Å². The molecule has 5 heteroatoms. The Balaban J connectivity index is 1.30. The van der Waals surface area contributed by atoms with E-state index in [0.29, 0.717) is 5.95 Å². The number of hydrogen-bond donors (Lipinski definition) is 2. The van der Waals surface area contributed by atoms with Crippen LogP contribution in [0.25, 0.3) is 10.9 Å². The Morgan fingerprint density at radius 1 is 1.00 bits per heavy atom. The monoisotopic (exact) mass is 432 g/mol. The van der Waals surface area contributed by atoms with Crippen molar-refractivity contribution in [2.75, 3.05) is 18.4 Å². The summed E-state index contributed by atoms with van der Waals surface area (Å²) in [5.74, 6) is 8.73. The summed E-state index contributed by atoms with van der Waals surface area (Å²) in [5, 5.41) is 7.56. The summed E-state index contributed by atoms with van der Waals surface area (Å²) in [5.41, 5.74) is 4.97. The van der Waals surface area contributed by atoms with Crippen molar-refractivity contribution in [3.05, 3.63) is 95.7 Å². The molecule has 5 nitrogen and oxygen atoms in total. The highest BCUT2D eigenvalue weighted by atomic mass is 16.5. The summed E-state index contributed by atoms with van der Waals surface area (Å²) in [7, 11) is 0. The Kier molecular flexibility index (Phi) is 6.01.